The Morgan fingerprint density at radius 1 is 1.42 bits per heavy atom. The third kappa shape index (κ3) is 4.98. The number of oxazole rings is 1. The molecule has 1 saturated carbocycles. The monoisotopic (exact) mass is 264 g/mol. The highest BCUT2D eigenvalue weighted by atomic mass is 16.4. The lowest BCUT2D eigenvalue weighted by Gasteiger charge is -2.26. The first kappa shape index (κ1) is 14.6. The molecule has 0 bridgehead atoms. The summed E-state index contributed by atoms with van der Waals surface area (Å²) in [4.78, 5) is 4.39. The van der Waals surface area contributed by atoms with E-state index in [-0.39, 0.29) is 0 Å². The third-order valence-corrected chi connectivity index (χ3v) is 4.16. The molecule has 0 aliphatic heterocycles. The summed E-state index contributed by atoms with van der Waals surface area (Å²) >= 11 is 0. The predicted octanol–water partition coefficient (Wildman–Crippen LogP) is 3.58. The van der Waals surface area contributed by atoms with Crippen molar-refractivity contribution in [3.05, 3.63) is 17.8 Å². The molecule has 0 radical (unpaired) electrons. The molecule has 0 spiro atoms. The molecule has 1 aliphatic rings. The molecule has 1 N–H and O–H groups in total. The van der Waals surface area contributed by atoms with Gasteiger partial charge in [0.2, 0.25) is 0 Å². The molecule has 1 aliphatic carbocycles. The van der Waals surface area contributed by atoms with Gasteiger partial charge in [0.05, 0.1) is 6.20 Å². The summed E-state index contributed by atoms with van der Waals surface area (Å²) in [6, 6.07) is 0.799. The summed E-state index contributed by atoms with van der Waals surface area (Å²) in [6.45, 7) is 10.2. The molecule has 3 heteroatoms. The quantitative estimate of drug-likeness (QED) is 0.765. The van der Waals surface area contributed by atoms with Crippen LogP contribution in [0.5, 0.6) is 0 Å². The highest BCUT2D eigenvalue weighted by Gasteiger charge is 2.22. The van der Waals surface area contributed by atoms with Crippen LogP contribution in [0.15, 0.2) is 10.6 Å². The number of rotatable bonds is 7. The van der Waals surface area contributed by atoms with E-state index in [9.17, 15) is 0 Å². The highest BCUT2D eigenvalue weighted by Crippen LogP contribution is 2.28. The molecule has 1 heterocycles. The van der Waals surface area contributed by atoms with Crippen molar-refractivity contribution >= 4 is 0 Å². The van der Waals surface area contributed by atoms with Crippen molar-refractivity contribution in [3.8, 4) is 0 Å². The van der Waals surface area contributed by atoms with Crippen LogP contribution in [0, 0.1) is 11.3 Å². The van der Waals surface area contributed by atoms with Gasteiger partial charge in [-0.3, -0.25) is 0 Å². The maximum absolute atomic E-state index is 5.83. The van der Waals surface area contributed by atoms with E-state index in [4.69, 9.17) is 4.42 Å². The number of hydrogen-bond donors (Lipinski definition) is 1. The Balaban J connectivity index is 1.71. The smallest absolute Gasteiger partial charge is 0.194 e. The van der Waals surface area contributed by atoms with Gasteiger partial charge in [-0.05, 0) is 37.1 Å². The standard InChI is InChI=1S/C16H28N2O/c1-12(16(2,3)4)10-14-11-18-15(19-14)6-5-9-17-13-7-8-13/h11-13,17H,5-10H2,1-4H3. The molecule has 0 amide bonds. The molecule has 19 heavy (non-hydrogen) atoms. The van der Waals surface area contributed by atoms with Crippen LogP contribution < -0.4 is 5.32 Å². The molecule has 0 saturated heterocycles. The maximum atomic E-state index is 5.83. The molecular weight excluding hydrogens is 236 g/mol. The fourth-order valence-corrected chi connectivity index (χ4v) is 2.00. The van der Waals surface area contributed by atoms with Crippen LogP contribution in [0.1, 0.15) is 58.6 Å². The second kappa shape index (κ2) is 6.08. The zero-order valence-corrected chi connectivity index (χ0v) is 12.8. The van der Waals surface area contributed by atoms with E-state index < -0.39 is 0 Å². The lowest BCUT2D eigenvalue weighted by molar-refractivity contribution is 0.246. The number of nitrogens with zero attached hydrogens (tertiary/aromatic N) is 1. The summed E-state index contributed by atoms with van der Waals surface area (Å²) in [5.74, 6) is 2.53. The summed E-state index contributed by atoms with van der Waals surface area (Å²) in [5.41, 5.74) is 0.321. The first-order chi connectivity index (χ1) is 8.95. The lowest BCUT2D eigenvalue weighted by Crippen LogP contribution is -2.19. The topological polar surface area (TPSA) is 38.1 Å². The Morgan fingerprint density at radius 3 is 2.79 bits per heavy atom. The van der Waals surface area contributed by atoms with Crippen LogP contribution in [-0.2, 0) is 12.8 Å². The van der Waals surface area contributed by atoms with Crippen molar-refractivity contribution in [1.82, 2.24) is 10.3 Å². The minimum atomic E-state index is 0.321. The maximum Gasteiger partial charge on any atom is 0.194 e. The molecular formula is C16H28N2O. The Hall–Kier alpha value is -0.830. The number of hydrogen-bond acceptors (Lipinski definition) is 3. The van der Waals surface area contributed by atoms with E-state index in [1.54, 1.807) is 0 Å². The molecule has 1 atom stereocenters. The summed E-state index contributed by atoms with van der Waals surface area (Å²) in [7, 11) is 0. The van der Waals surface area contributed by atoms with E-state index >= 15 is 0 Å². The molecule has 1 aromatic rings. The Labute approximate surface area is 117 Å². The summed E-state index contributed by atoms with van der Waals surface area (Å²) in [5, 5.41) is 3.52. The largest absolute Gasteiger partial charge is 0.446 e. The minimum Gasteiger partial charge on any atom is -0.446 e. The zero-order chi connectivity index (χ0) is 13.9. The van der Waals surface area contributed by atoms with Gasteiger partial charge in [-0.2, -0.15) is 0 Å². The van der Waals surface area contributed by atoms with Crippen LogP contribution >= 0.6 is 0 Å². The van der Waals surface area contributed by atoms with E-state index in [1.807, 2.05) is 6.20 Å². The molecule has 1 fully saturated rings. The fourth-order valence-electron chi connectivity index (χ4n) is 2.00. The SMILES string of the molecule is CC(Cc1cnc(CCCNC2CC2)o1)C(C)(C)C. The normalized spacial score (nSPS) is 17.7. The first-order valence-electron chi connectivity index (χ1n) is 7.62. The van der Waals surface area contributed by atoms with Crippen molar-refractivity contribution in [3.63, 3.8) is 0 Å². The van der Waals surface area contributed by atoms with Gasteiger partial charge in [-0.1, -0.05) is 27.7 Å². The van der Waals surface area contributed by atoms with Crippen molar-refractivity contribution < 1.29 is 4.42 Å². The van der Waals surface area contributed by atoms with Crippen molar-refractivity contribution in [2.24, 2.45) is 11.3 Å². The van der Waals surface area contributed by atoms with Crippen LogP contribution in [0.3, 0.4) is 0 Å². The van der Waals surface area contributed by atoms with Crippen LogP contribution in [0.2, 0.25) is 0 Å². The van der Waals surface area contributed by atoms with Crippen molar-refractivity contribution in [1.29, 1.82) is 0 Å². The molecule has 1 unspecified atom stereocenters. The van der Waals surface area contributed by atoms with E-state index in [2.05, 4.69) is 38.0 Å². The average Bonchev–Trinajstić information content (AvgIpc) is 3.04. The second-order valence-electron chi connectivity index (χ2n) is 7.02. The molecule has 108 valence electrons. The van der Waals surface area contributed by atoms with Crippen molar-refractivity contribution in [2.75, 3.05) is 6.54 Å². The van der Waals surface area contributed by atoms with Gasteiger partial charge in [0, 0.05) is 18.9 Å². The van der Waals surface area contributed by atoms with Gasteiger partial charge in [0.25, 0.3) is 0 Å². The minimum absolute atomic E-state index is 0.321. The van der Waals surface area contributed by atoms with Gasteiger partial charge < -0.3 is 9.73 Å². The van der Waals surface area contributed by atoms with Crippen LogP contribution in [0.25, 0.3) is 0 Å². The Bertz CT molecular complexity index is 388. The zero-order valence-electron chi connectivity index (χ0n) is 12.8. The first-order valence-corrected chi connectivity index (χ1v) is 7.62. The Morgan fingerprint density at radius 2 is 2.16 bits per heavy atom. The van der Waals surface area contributed by atoms with Gasteiger partial charge in [-0.25, -0.2) is 4.98 Å². The molecule has 0 aromatic carbocycles. The third-order valence-electron chi connectivity index (χ3n) is 4.16. The number of aryl methyl sites for hydroxylation is 1. The van der Waals surface area contributed by atoms with E-state index in [1.165, 1.54) is 12.8 Å². The average molecular weight is 264 g/mol. The van der Waals surface area contributed by atoms with Gasteiger partial charge >= 0.3 is 0 Å². The second-order valence-corrected chi connectivity index (χ2v) is 7.02. The lowest BCUT2D eigenvalue weighted by atomic mass is 9.80. The predicted molar refractivity (Wildman–Crippen MR) is 78.2 cm³/mol. The van der Waals surface area contributed by atoms with Gasteiger partial charge in [0.15, 0.2) is 5.89 Å². The van der Waals surface area contributed by atoms with Gasteiger partial charge in [-0.15, -0.1) is 0 Å². The molecule has 1 aromatic heterocycles. The summed E-state index contributed by atoms with van der Waals surface area (Å²) < 4.78 is 5.83. The fraction of sp³-hybridized carbons (Fsp3) is 0.812. The van der Waals surface area contributed by atoms with Crippen LogP contribution in [-0.4, -0.2) is 17.6 Å². The molecule has 2 rings (SSSR count). The number of aromatic nitrogens is 1. The summed E-state index contributed by atoms with van der Waals surface area (Å²) in [6.07, 6.45) is 7.67. The van der Waals surface area contributed by atoms with Crippen molar-refractivity contribution in [2.45, 2.75) is 65.8 Å². The van der Waals surface area contributed by atoms with E-state index in [0.29, 0.717) is 11.3 Å². The van der Waals surface area contributed by atoms with E-state index in [0.717, 1.165) is 43.5 Å². The van der Waals surface area contributed by atoms with Gasteiger partial charge in [0.1, 0.15) is 5.76 Å². The Kier molecular flexibility index (Phi) is 4.67. The highest BCUT2D eigenvalue weighted by molar-refractivity contribution is 4.97. The number of nitrogens with one attached hydrogen (secondary N) is 1. The van der Waals surface area contributed by atoms with Crippen LogP contribution in [0.4, 0.5) is 0 Å². The molecule has 3 nitrogen and oxygen atoms in total.